The third kappa shape index (κ3) is 4.45. The van der Waals surface area contributed by atoms with Gasteiger partial charge in [0.1, 0.15) is 18.2 Å². The van der Waals surface area contributed by atoms with Crippen LogP contribution in [-0.2, 0) is 17.6 Å². The van der Waals surface area contributed by atoms with Crippen molar-refractivity contribution in [1.82, 2.24) is 9.55 Å². The van der Waals surface area contributed by atoms with Gasteiger partial charge in [-0.1, -0.05) is 72.4 Å². The summed E-state index contributed by atoms with van der Waals surface area (Å²) in [6.07, 6.45) is 1.80. The number of halogens is 1. The Kier molecular flexibility index (Phi) is 6.67. The summed E-state index contributed by atoms with van der Waals surface area (Å²) in [4.78, 5) is 30.1. The molecule has 1 aromatic heterocycles. The van der Waals surface area contributed by atoms with E-state index < -0.39 is 5.92 Å². The zero-order valence-corrected chi connectivity index (χ0v) is 19.1. The fraction of sp³-hybridized carbons (Fsp3) is 0.208. The second-order valence-corrected chi connectivity index (χ2v) is 8.69. The van der Waals surface area contributed by atoms with Gasteiger partial charge in [-0.2, -0.15) is 4.98 Å². The van der Waals surface area contributed by atoms with Gasteiger partial charge in [0.15, 0.2) is 5.16 Å². The number of ether oxygens (including phenoxy) is 1. The number of amides is 1. The third-order valence-electron chi connectivity index (χ3n) is 5.27. The van der Waals surface area contributed by atoms with Crippen molar-refractivity contribution < 1.29 is 9.53 Å². The minimum absolute atomic E-state index is 0.143. The number of nitrogens with zero attached hydrogens (tertiary/aromatic N) is 2. The molecular weight excluding hydrogens is 446 g/mol. The first kappa shape index (κ1) is 22.2. The van der Waals surface area contributed by atoms with E-state index in [0.29, 0.717) is 39.7 Å². The summed E-state index contributed by atoms with van der Waals surface area (Å²) < 4.78 is 7.55. The van der Waals surface area contributed by atoms with E-state index in [-0.39, 0.29) is 17.9 Å². The lowest BCUT2D eigenvalue weighted by Gasteiger charge is -2.28. The second kappa shape index (κ2) is 9.63. The SMILES string of the molecule is C=CCOc1ccccc1[C@@H]1CC(=O)Nc2c1c(=O)nc(SCc1ccccc1Cl)n2C. The largest absolute Gasteiger partial charge is 0.489 e. The van der Waals surface area contributed by atoms with E-state index in [9.17, 15) is 9.59 Å². The van der Waals surface area contributed by atoms with Crippen molar-refractivity contribution in [3.8, 4) is 5.75 Å². The summed E-state index contributed by atoms with van der Waals surface area (Å²) in [5.41, 5.74) is 1.83. The number of para-hydroxylation sites is 1. The molecule has 0 spiro atoms. The van der Waals surface area contributed by atoms with Crippen molar-refractivity contribution in [1.29, 1.82) is 0 Å². The maximum Gasteiger partial charge on any atom is 0.279 e. The topological polar surface area (TPSA) is 73.2 Å². The molecule has 0 aliphatic carbocycles. The van der Waals surface area contributed by atoms with Gasteiger partial charge in [0.05, 0.1) is 5.56 Å². The molecule has 0 saturated carbocycles. The minimum atomic E-state index is -0.450. The monoisotopic (exact) mass is 467 g/mol. The van der Waals surface area contributed by atoms with Gasteiger partial charge in [-0.05, 0) is 17.7 Å². The summed E-state index contributed by atoms with van der Waals surface area (Å²) in [5, 5.41) is 4.03. The number of hydrogen-bond acceptors (Lipinski definition) is 5. The van der Waals surface area contributed by atoms with Gasteiger partial charge in [0, 0.05) is 35.7 Å². The third-order valence-corrected chi connectivity index (χ3v) is 6.71. The quantitative estimate of drug-likeness (QED) is 0.308. The van der Waals surface area contributed by atoms with Crippen LogP contribution in [0.4, 0.5) is 5.82 Å². The molecule has 2 heterocycles. The van der Waals surface area contributed by atoms with Gasteiger partial charge in [-0.25, -0.2) is 0 Å². The van der Waals surface area contributed by atoms with Gasteiger partial charge in [-0.15, -0.1) is 0 Å². The fourth-order valence-corrected chi connectivity index (χ4v) is 4.99. The van der Waals surface area contributed by atoms with Crippen LogP contribution >= 0.6 is 23.4 Å². The van der Waals surface area contributed by atoms with Crippen molar-refractivity contribution >= 4 is 35.1 Å². The summed E-state index contributed by atoms with van der Waals surface area (Å²) in [7, 11) is 1.79. The summed E-state index contributed by atoms with van der Waals surface area (Å²) in [6, 6.07) is 15.0. The lowest BCUT2D eigenvalue weighted by molar-refractivity contribution is -0.116. The van der Waals surface area contributed by atoms with Gasteiger partial charge in [0.25, 0.3) is 5.56 Å². The van der Waals surface area contributed by atoms with Crippen molar-refractivity contribution in [3.05, 3.63) is 93.3 Å². The fourth-order valence-electron chi connectivity index (χ4n) is 3.74. The first-order valence-corrected chi connectivity index (χ1v) is 11.5. The van der Waals surface area contributed by atoms with Gasteiger partial charge < -0.3 is 14.6 Å². The van der Waals surface area contributed by atoms with E-state index in [4.69, 9.17) is 16.3 Å². The van der Waals surface area contributed by atoms with Crippen LogP contribution in [0.3, 0.4) is 0 Å². The number of nitrogens with one attached hydrogen (secondary N) is 1. The van der Waals surface area contributed by atoms with Crippen LogP contribution in [-0.4, -0.2) is 22.1 Å². The van der Waals surface area contributed by atoms with Crippen LogP contribution in [0.15, 0.2) is 71.1 Å². The van der Waals surface area contributed by atoms with E-state index in [1.165, 1.54) is 11.8 Å². The van der Waals surface area contributed by atoms with Crippen molar-refractivity contribution in [2.24, 2.45) is 7.05 Å². The number of aromatic nitrogens is 2. The molecule has 0 bridgehead atoms. The second-order valence-electron chi connectivity index (χ2n) is 7.34. The molecule has 1 amide bonds. The smallest absolute Gasteiger partial charge is 0.279 e. The Morgan fingerprint density at radius 1 is 1.25 bits per heavy atom. The van der Waals surface area contributed by atoms with Crippen LogP contribution in [0.25, 0.3) is 0 Å². The zero-order valence-electron chi connectivity index (χ0n) is 17.5. The minimum Gasteiger partial charge on any atom is -0.489 e. The molecule has 1 N–H and O–H groups in total. The van der Waals surface area contributed by atoms with Crippen molar-refractivity contribution in [3.63, 3.8) is 0 Å². The molecular formula is C24H22ClN3O3S. The lowest BCUT2D eigenvalue weighted by atomic mass is 9.86. The predicted octanol–water partition coefficient (Wildman–Crippen LogP) is 4.76. The maximum atomic E-state index is 13.2. The van der Waals surface area contributed by atoms with Crippen molar-refractivity contribution in [2.75, 3.05) is 11.9 Å². The molecule has 3 aromatic rings. The number of thioether (sulfide) groups is 1. The van der Waals surface area contributed by atoms with Crippen LogP contribution in [0.5, 0.6) is 5.75 Å². The van der Waals surface area contributed by atoms with Crippen molar-refractivity contribution in [2.45, 2.75) is 23.2 Å². The van der Waals surface area contributed by atoms with Crippen LogP contribution in [0.1, 0.15) is 29.0 Å². The standard InChI is InChI=1S/C24H22ClN3O3S/c1-3-12-31-19-11-7-5-9-16(19)17-13-20(29)26-22-21(17)23(30)27-24(28(22)2)32-14-15-8-4-6-10-18(15)25/h3-11,17H,1,12-14H2,2H3,(H,26,29)/t17-/m0/s1. The molecule has 1 aliphatic rings. The highest BCUT2D eigenvalue weighted by atomic mass is 35.5. The Bertz CT molecular complexity index is 1240. The number of rotatable bonds is 7. The maximum absolute atomic E-state index is 13.2. The molecule has 4 rings (SSSR count). The highest BCUT2D eigenvalue weighted by Gasteiger charge is 2.33. The molecule has 2 aromatic carbocycles. The molecule has 0 unspecified atom stereocenters. The summed E-state index contributed by atoms with van der Waals surface area (Å²) in [6.45, 7) is 4.01. The number of carbonyl (C=O) groups excluding carboxylic acids is 1. The van der Waals surface area contributed by atoms with Gasteiger partial charge in [0.2, 0.25) is 5.91 Å². The van der Waals surface area contributed by atoms with Gasteiger partial charge >= 0.3 is 0 Å². The number of anilines is 1. The normalized spacial score (nSPS) is 15.1. The molecule has 0 fully saturated rings. The molecule has 0 radical (unpaired) electrons. The number of carbonyl (C=O) groups is 1. The summed E-state index contributed by atoms with van der Waals surface area (Å²) >= 11 is 7.65. The Morgan fingerprint density at radius 3 is 2.78 bits per heavy atom. The molecule has 164 valence electrons. The summed E-state index contributed by atoms with van der Waals surface area (Å²) in [5.74, 6) is 1.02. The number of benzene rings is 2. The van der Waals surface area contributed by atoms with E-state index in [1.807, 2.05) is 48.5 Å². The molecule has 1 atom stereocenters. The predicted molar refractivity (Wildman–Crippen MR) is 128 cm³/mol. The van der Waals surface area contributed by atoms with Gasteiger partial charge in [-0.3, -0.25) is 9.59 Å². The Morgan fingerprint density at radius 2 is 2.00 bits per heavy atom. The molecule has 0 saturated heterocycles. The first-order valence-electron chi connectivity index (χ1n) is 10.1. The van der Waals surface area contributed by atoms with Crippen LogP contribution in [0, 0.1) is 0 Å². The molecule has 6 nitrogen and oxygen atoms in total. The molecule has 1 aliphatic heterocycles. The number of hydrogen-bond donors (Lipinski definition) is 1. The van der Waals surface area contributed by atoms with Crippen LogP contribution in [0.2, 0.25) is 5.02 Å². The van der Waals surface area contributed by atoms with Crippen LogP contribution < -0.4 is 15.6 Å². The van der Waals surface area contributed by atoms with E-state index >= 15 is 0 Å². The first-order chi connectivity index (χ1) is 15.5. The average molecular weight is 468 g/mol. The number of fused-ring (bicyclic) bond motifs is 1. The Balaban J connectivity index is 1.73. The molecule has 8 heteroatoms. The Hall–Kier alpha value is -3.03. The lowest BCUT2D eigenvalue weighted by Crippen LogP contribution is -2.33. The van der Waals surface area contributed by atoms with E-state index in [1.54, 1.807) is 17.7 Å². The Labute approximate surface area is 195 Å². The van der Waals surface area contributed by atoms with E-state index in [2.05, 4.69) is 16.9 Å². The molecule has 32 heavy (non-hydrogen) atoms. The average Bonchev–Trinajstić information content (AvgIpc) is 2.79. The zero-order chi connectivity index (χ0) is 22.7. The van der Waals surface area contributed by atoms with E-state index in [0.717, 1.165) is 11.1 Å². The highest BCUT2D eigenvalue weighted by molar-refractivity contribution is 7.98. The highest BCUT2D eigenvalue weighted by Crippen LogP contribution is 2.39.